The summed E-state index contributed by atoms with van der Waals surface area (Å²) in [4.78, 5) is 15.3. The summed E-state index contributed by atoms with van der Waals surface area (Å²) in [5.74, 6) is 0.552. The molecule has 1 amide bonds. The molecule has 1 fully saturated rings. The van der Waals surface area contributed by atoms with E-state index in [0.29, 0.717) is 5.92 Å². The molecule has 3 aliphatic carbocycles. The molecule has 4 aliphatic rings. The van der Waals surface area contributed by atoms with Gasteiger partial charge in [0, 0.05) is 37.2 Å². The molecule has 1 aliphatic heterocycles. The van der Waals surface area contributed by atoms with Gasteiger partial charge in [0.25, 0.3) is 5.91 Å². The van der Waals surface area contributed by atoms with Crippen molar-refractivity contribution in [2.24, 2.45) is 11.3 Å². The van der Waals surface area contributed by atoms with E-state index in [1.807, 2.05) is 6.08 Å². The first kappa shape index (κ1) is 15.9. The number of nitrogens with zero attached hydrogens (tertiary/aromatic N) is 1. The molecule has 0 bridgehead atoms. The molecule has 0 saturated carbocycles. The van der Waals surface area contributed by atoms with Crippen molar-refractivity contribution in [3.05, 3.63) is 46.6 Å². The summed E-state index contributed by atoms with van der Waals surface area (Å²) in [5, 5.41) is 3.31. The maximum atomic E-state index is 12.9. The predicted octanol–water partition coefficient (Wildman–Crippen LogP) is 2.21. The van der Waals surface area contributed by atoms with Crippen molar-refractivity contribution in [1.82, 2.24) is 10.2 Å². The number of carbonyl (C=O) groups is 1. The van der Waals surface area contributed by atoms with Crippen molar-refractivity contribution in [3.63, 3.8) is 0 Å². The molecule has 0 spiro atoms. The van der Waals surface area contributed by atoms with Gasteiger partial charge in [0.15, 0.2) is 0 Å². The molecule has 0 aromatic carbocycles. The second kappa shape index (κ2) is 5.71. The van der Waals surface area contributed by atoms with Crippen molar-refractivity contribution >= 4 is 5.91 Å². The zero-order valence-electron chi connectivity index (χ0n) is 14.8. The number of morpholine rings is 1. The molecule has 1 heterocycles. The van der Waals surface area contributed by atoms with Crippen LogP contribution in [-0.2, 0) is 9.53 Å². The number of allylic oxidation sites excluding steroid dienone is 6. The molecule has 128 valence electrons. The molecule has 2 atom stereocenters. The van der Waals surface area contributed by atoms with Gasteiger partial charge in [-0.15, -0.1) is 0 Å². The van der Waals surface area contributed by atoms with E-state index in [1.165, 1.54) is 11.1 Å². The lowest BCUT2D eigenvalue weighted by atomic mass is 9.86. The van der Waals surface area contributed by atoms with Crippen molar-refractivity contribution in [3.8, 4) is 0 Å². The topological polar surface area (TPSA) is 41.6 Å². The molecular weight excluding hydrogens is 300 g/mol. The number of amides is 1. The second-order valence-corrected chi connectivity index (χ2v) is 8.21. The molecule has 0 unspecified atom stereocenters. The molecule has 4 rings (SSSR count). The fraction of sp³-hybridized carbons (Fsp3) is 0.550. The minimum Gasteiger partial charge on any atom is -0.379 e. The Morgan fingerprint density at radius 1 is 1.33 bits per heavy atom. The molecule has 0 aromatic heterocycles. The second-order valence-electron chi connectivity index (χ2n) is 8.21. The third-order valence-electron chi connectivity index (χ3n) is 5.43. The van der Waals surface area contributed by atoms with Gasteiger partial charge in [-0.05, 0) is 34.3 Å². The Balaban J connectivity index is 1.43. The lowest BCUT2D eigenvalue weighted by molar-refractivity contribution is -0.119. The van der Waals surface area contributed by atoms with Crippen molar-refractivity contribution in [2.75, 3.05) is 32.8 Å². The first-order valence-corrected chi connectivity index (χ1v) is 8.90. The van der Waals surface area contributed by atoms with E-state index >= 15 is 0 Å². The smallest absolute Gasteiger partial charge is 0.252 e. The monoisotopic (exact) mass is 326 g/mol. The lowest BCUT2D eigenvalue weighted by Gasteiger charge is -2.37. The van der Waals surface area contributed by atoms with Crippen LogP contribution in [0.4, 0.5) is 0 Å². The quantitative estimate of drug-likeness (QED) is 0.861. The van der Waals surface area contributed by atoms with Crippen LogP contribution in [-0.4, -0.2) is 49.7 Å². The zero-order chi connectivity index (χ0) is 16.9. The molecule has 1 saturated heterocycles. The fourth-order valence-corrected chi connectivity index (χ4v) is 3.67. The number of hydrogen-bond acceptors (Lipinski definition) is 3. The standard InChI is InChI=1S/C20H26N2O2/c1-20(2,3)18(12-22-6-8-24-9-7-22)21-19(23)15-5-4-14-16-10-13(16)11-17(14)15/h4-5,10-11,16,18H,6-9,12H2,1-3H3,(H,21,23)/t16-,18+/m0/s1. The predicted molar refractivity (Wildman–Crippen MR) is 94.5 cm³/mol. The highest BCUT2D eigenvalue weighted by atomic mass is 16.5. The Kier molecular flexibility index (Phi) is 3.77. The highest BCUT2D eigenvalue weighted by Gasteiger charge is 2.40. The van der Waals surface area contributed by atoms with Gasteiger partial charge in [-0.3, -0.25) is 9.69 Å². The van der Waals surface area contributed by atoms with E-state index in [4.69, 9.17) is 4.74 Å². The zero-order valence-corrected chi connectivity index (χ0v) is 14.8. The Bertz CT molecular complexity index is 685. The summed E-state index contributed by atoms with van der Waals surface area (Å²) in [7, 11) is 0. The van der Waals surface area contributed by atoms with E-state index in [9.17, 15) is 4.79 Å². The molecular formula is C20H26N2O2. The van der Waals surface area contributed by atoms with Crippen molar-refractivity contribution in [1.29, 1.82) is 0 Å². The number of rotatable bonds is 4. The molecule has 0 aromatic rings. The summed E-state index contributed by atoms with van der Waals surface area (Å²) in [6, 6.07) is 0.115. The van der Waals surface area contributed by atoms with E-state index < -0.39 is 0 Å². The summed E-state index contributed by atoms with van der Waals surface area (Å²) in [6.45, 7) is 10.9. The van der Waals surface area contributed by atoms with Crippen LogP contribution in [0.3, 0.4) is 0 Å². The number of fused-ring (bicyclic) bond motifs is 3. The van der Waals surface area contributed by atoms with Gasteiger partial charge < -0.3 is 10.1 Å². The highest BCUT2D eigenvalue weighted by molar-refractivity contribution is 6.02. The van der Waals surface area contributed by atoms with Crippen LogP contribution >= 0.6 is 0 Å². The number of ether oxygens (including phenoxy) is 1. The van der Waals surface area contributed by atoms with Crippen molar-refractivity contribution in [2.45, 2.75) is 26.8 Å². The lowest BCUT2D eigenvalue weighted by Crippen LogP contribution is -2.53. The molecule has 4 nitrogen and oxygen atoms in total. The maximum absolute atomic E-state index is 12.9. The average molecular weight is 326 g/mol. The molecule has 0 radical (unpaired) electrons. The number of nitrogens with one attached hydrogen (secondary N) is 1. The Labute approximate surface area is 143 Å². The van der Waals surface area contributed by atoms with E-state index in [0.717, 1.165) is 44.0 Å². The summed E-state index contributed by atoms with van der Waals surface area (Å²) < 4.78 is 5.43. The van der Waals surface area contributed by atoms with Crippen LogP contribution in [0.25, 0.3) is 0 Å². The summed E-state index contributed by atoms with van der Waals surface area (Å²) in [5.41, 5.74) is 4.65. The largest absolute Gasteiger partial charge is 0.379 e. The van der Waals surface area contributed by atoms with Crippen LogP contribution in [0.5, 0.6) is 0 Å². The third kappa shape index (κ3) is 2.89. The van der Waals surface area contributed by atoms with Crippen LogP contribution < -0.4 is 5.32 Å². The number of hydrogen-bond donors (Lipinski definition) is 1. The summed E-state index contributed by atoms with van der Waals surface area (Å²) in [6.07, 6.45) is 8.51. The van der Waals surface area contributed by atoms with Gasteiger partial charge in [0.05, 0.1) is 13.2 Å². The molecule has 4 heteroatoms. The van der Waals surface area contributed by atoms with Crippen LogP contribution in [0.15, 0.2) is 46.6 Å². The van der Waals surface area contributed by atoms with Crippen LogP contribution in [0.1, 0.15) is 20.8 Å². The van der Waals surface area contributed by atoms with E-state index in [1.54, 1.807) is 0 Å². The summed E-state index contributed by atoms with van der Waals surface area (Å²) >= 11 is 0. The minimum absolute atomic E-state index is 0.0120. The maximum Gasteiger partial charge on any atom is 0.252 e. The van der Waals surface area contributed by atoms with Crippen LogP contribution in [0.2, 0.25) is 0 Å². The Hall–Kier alpha value is -1.65. The number of carbonyl (C=O) groups excluding carboxylic acids is 1. The van der Waals surface area contributed by atoms with Gasteiger partial charge in [0.2, 0.25) is 0 Å². The minimum atomic E-state index is 0.0120. The Morgan fingerprint density at radius 3 is 2.79 bits per heavy atom. The first-order chi connectivity index (χ1) is 11.4. The van der Waals surface area contributed by atoms with Gasteiger partial charge in [-0.2, -0.15) is 0 Å². The molecule has 1 N–H and O–H groups in total. The fourth-order valence-electron chi connectivity index (χ4n) is 3.67. The highest BCUT2D eigenvalue weighted by Crippen LogP contribution is 2.51. The van der Waals surface area contributed by atoms with Gasteiger partial charge >= 0.3 is 0 Å². The van der Waals surface area contributed by atoms with Crippen LogP contribution in [0, 0.1) is 11.3 Å². The van der Waals surface area contributed by atoms with Crippen molar-refractivity contribution < 1.29 is 9.53 Å². The average Bonchev–Trinajstić information content (AvgIpc) is 3.01. The van der Waals surface area contributed by atoms with E-state index in [2.05, 4.69) is 49.2 Å². The molecule has 24 heavy (non-hydrogen) atoms. The normalized spacial score (nSPS) is 26.7. The SMILES string of the molecule is CC(C)(C)[C@@H](CN1CCOCC1)NC(=O)C1=CC=C2C1=CC1=C[C@@H]12. The van der Waals surface area contributed by atoms with E-state index in [-0.39, 0.29) is 17.4 Å². The third-order valence-corrected chi connectivity index (χ3v) is 5.43. The van der Waals surface area contributed by atoms with Gasteiger partial charge in [-0.1, -0.05) is 32.9 Å². The Morgan fingerprint density at radius 2 is 2.08 bits per heavy atom. The first-order valence-electron chi connectivity index (χ1n) is 8.90. The van der Waals surface area contributed by atoms with Gasteiger partial charge in [-0.25, -0.2) is 0 Å². The van der Waals surface area contributed by atoms with Gasteiger partial charge in [0.1, 0.15) is 0 Å².